The maximum Gasteiger partial charge on any atom is 0.407 e. The first kappa shape index (κ1) is 15.2. The van der Waals surface area contributed by atoms with Crippen LogP contribution in [0.5, 0.6) is 0 Å². The van der Waals surface area contributed by atoms with Crippen molar-refractivity contribution in [3.63, 3.8) is 0 Å². The van der Waals surface area contributed by atoms with Crippen molar-refractivity contribution in [1.82, 2.24) is 9.80 Å². The Morgan fingerprint density at radius 1 is 1.38 bits per heavy atom. The molecule has 2 bridgehead atoms. The number of hydrogen-bond donors (Lipinski definition) is 1. The largest absolute Gasteiger partial charge is 0.465 e. The number of hydrogen-bond acceptors (Lipinski definition) is 4. The molecule has 3 atom stereocenters. The van der Waals surface area contributed by atoms with Gasteiger partial charge < -0.3 is 14.9 Å². The quantitative estimate of drug-likeness (QED) is 0.528. The number of nitrogens with zero attached hydrogens (tertiary/aromatic N) is 4. The fourth-order valence-corrected chi connectivity index (χ4v) is 4.47. The van der Waals surface area contributed by atoms with Gasteiger partial charge in [0.2, 0.25) is 0 Å². The third kappa shape index (κ3) is 1.86. The number of urea groups is 1. The van der Waals surface area contributed by atoms with E-state index >= 15 is 0 Å². The van der Waals surface area contributed by atoms with E-state index in [0.717, 1.165) is 4.90 Å². The van der Waals surface area contributed by atoms with E-state index in [1.165, 1.54) is 9.80 Å². The van der Waals surface area contributed by atoms with Crippen molar-refractivity contribution in [3.05, 3.63) is 27.3 Å². The van der Waals surface area contributed by atoms with E-state index in [1.54, 1.807) is 18.2 Å². The third-order valence-corrected chi connectivity index (χ3v) is 5.73. The molecule has 0 aromatic heterocycles. The molecule has 0 aliphatic carbocycles. The minimum absolute atomic E-state index is 0.244. The monoisotopic (exact) mass is 438 g/mol. The molecular formula is C15H11IN4O4. The van der Waals surface area contributed by atoms with E-state index < -0.39 is 30.1 Å². The molecule has 24 heavy (non-hydrogen) atoms. The Morgan fingerprint density at radius 2 is 2.12 bits per heavy atom. The topological polar surface area (TPSA) is 105 Å². The van der Waals surface area contributed by atoms with Crippen LogP contribution in [0.1, 0.15) is 12.0 Å². The van der Waals surface area contributed by atoms with Gasteiger partial charge in [-0.3, -0.25) is 4.79 Å². The molecule has 0 unspecified atom stereocenters. The second-order valence-corrected chi connectivity index (χ2v) is 7.14. The zero-order valence-corrected chi connectivity index (χ0v) is 14.4. The van der Waals surface area contributed by atoms with Gasteiger partial charge in [-0.2, -0.15) is 5.26 Å². The van der Waals surface area contributed by atoms with E-state index in [2.05, 4.69) is 0 Å². The normalized spacial score (nSPS) is 27.7. The van der Waals surface area contributed by atoms with Crippen LogP contribution >= 0.6 is 22.6 Å². The molecule has 8 nitrogen and oxygen atoms in total. The lowest BCUT2D eigenvalue weighted by atomic mass is 10.1. The highest BCUT2D eigenvalue weighted by atomic mass is 127. The van der Waals surface area contributed by atoms with E-state index in [1.807, 2.05) is 28.7 Å². The first-order valence-electron chi connectivity index (χ1n) is 7.29. The number of carbonyl (C=O) groups is 3. The Hall–Kier alpha value is -2.35. The van der Waals surface area contributed by atoms with Crippen LogP contribution in [0.15, 0.2) is 18.2 Å². The molecule has 122 valence electrons. The van der Waals surface area contributed by atoms with Gasteiger partial charge in [0.05, 0.1) is 23.3 Å². The first-order chi connectivity index (χ1) is 11.4. The number of benzene rings is 1. The Labute approximate surface area is 150 Å². The number of likely N-dealkylation sites (tertiary alicyclic amines) is 1. The SMILES string of the molecule is N#Cc1ccc(N2C(=O)[C@H]3[C@@H]4C[C@@H](CN4C(=O)O)N3C2=O)cc1I. The molecule has 1 aromatic carbocycles. The molecule has 9 heteroatoms. The highest BCUT2D eigenvalue weighted by molar-refractivity contribution is 14.1. The van der Waals surface area contributed by atoms with Crippen molar-refractivity contribution in [1.29, 1.82) is 5.26 Å². The Morgan fingerprint density at radius 3 is 2.75 bits per heavy atom. The number of nitriles is 1. The zero-order chi connectivity index (χ0) is 17.2. The van der Waals surface area contributed by atoms with E-state index in [0.29, 0.717) is 21.2 Å². The van der Waals surface area contributed by atoms with Gasteiger partial charge in [-0.15, -0.1) is 0 Å². The van der Waals surface area contributed by atoms with Crippen LogP contribution in [0.2, 0.25) is 0 Å². The van der Waals surface area contributed by atoms with Crippen molar-refractivity contribution in [2.75, 3.05) is 11.4 Å². The maximum absolute atomic E-state index is 12.8. The van der Waals surface area contributed by atoms with Gasteiger partial charge in [0.15, 0.2) is 0 Å². The lowest BCUT2D eigenvalue weighted by Crippen LogP contribution is -2.54. The van der Waals surface area contributed by atoms with Crippen molar-refractivity contribution < 1.29 is 19.5 Å². The van der Waals surface area contributed by atoms with Gasteiger partial charge >= 0.3 is 12.1 Å². The minimum atomic E-state index is -1.06. The van der Waals surface area contributed by atoms with Crippen molar-refractivity contribution in [3.8, 4) is 6.07 Å². The molecule has 3 saturated heterocycles. The molecule has 4 rings (SSSR count). The Bertz CT molecular complexity index is 835. The van der Waals surface area contributed by atoms with Gasteiger partial charge in [-0.25, -0.2) is 14.5 Å². The summed E-state index contributed by atoms with van der Waals surface area (Å²) in [7, 11) is 0. The van der Waals surface area contributed by atoms with Crippen molar-refractivity contribution in [2.45, 2.75) is 24.5 Å². The molecule has 3 heterocycles. The molecule has 3 aliphatic heterocycles. The fraction of sp³-hybridized carbons (Fsp3) is 0.333. The fourth-order valence-electron chi connectivity index (χ4n) is 3.85. The minimum Gasteiger partial charge on any atom is -0.465 e. The van der Waals surface area contributed by atoms with Crippen LogP contribution < -0.4 is 4.90 Å². The lowest BCUT2D eigenvalue weighted by Gasteiger charge is -2.32. The van der Waals surface area contributed by atoms with Crippen LogP contribution in [0, 0.1) is 14.9 Å². The second kappa shape index (κ2) is 5.07. The average molecular weight is 438 g/mol. The Balaban J connectivity index is 1.70. The molecule has 0 radical (unpaired) electrons. The summed E-state index contributed by atoms with van der Waals surface area (Å²) >= 11 is 1.98. The molecule has 0 spiro atoms. The van der Waals surface area contributed by atoms with Gasteiger partial charge in [0.1, 0.15) is 12.1 Å². The molecule has 4 amide bonds. The molecular weight excluding hydrogens is 427 g/mol. The highest BCUT2D eigenvalue weighted by Gasteiger charge is 2.63. The number of carboxylic acid groups (broad SMARTS) is 1. The summed E-state index contributed by atoms with van der Waals surface area (Å²) in [6.45, 7) is 0.244. The number of halogens is 1. The van der Waals surface area contributed by atoms with Crippen LogP contribution in [-0.4, -0.2) is 57.6 Å². The number of rotatable bonds is 1. The number of fused-ring (bicyclic) bond motifs is 5. The summed E-state index contributed by atoms with van der Waals surface area (Å²) in [4.78, 5) is 40.7. The Kier molecular flexibility index (Phi) is 3.21. The van der Waals surface area contributed by atoms with Crippen LogP contribution in [0.25, 0.3) is 0 Å². The summed E-state index contributed by atoms with van der Waals surface area (Å²) in [5.41, 5.74) is 0.875. The average Bonchev–Trinajstić information content (AvgIpc) is 3.19. The zero-order valence-electron chi connectivity index (χ0n) is 12.2. The van der Waals surface area contributed by atoms with Crippen LogP contribution in [0.3, 0.4) is 0 Å². The van der Waals surface area contributed by atoms with Crippen LogP contribution in [-0.2, 0) is 4.79 Å². The molecule has 1 aromatic rings. The number of piperazine rings is 1. The van der Waals surface area contributed by atoms with E-state index in [9.17, 15) is 19.5 Å². The summed E-state index contributed by atoms with van der Waals surface area (Å²) in [5, 5.41) is 18.2. The van der Waals surface area contributed by atoms with E-state index in [4.69, 9.17) is 5.26 Å². The number of carbonyl (C=O) groups excluding carboxylic acids is 2. The molecule has 1 N–H and O–H groups in total. The van der Waals surface area contributed by atoms with Gasteiger partial charge in [-0.05, 0) is 47.2 Å². The van der Waals surface area contributed by atoms with Crippen molar-refractivity contribution in [2.24, 2.45) is 0 Å². The summed E-state index contributed by atoms with van der Waals surface area (Å²) < 4.78 is 0.649. The molecule has 3 aliphatic rings. The van der Waals surface area contributed by atoms with Gasteiger partial charge in [-0.1, -0.05) is 0 Å². The van der Waals surface area contributed by atoms with Gasteiger partial charge in [0.25, 0.3) is 5.91 Å². The predicted molar refractivity (Wildman–Crippen MR) is 89.3 cm³/mol. The summed E-state index contributed by atoms with van der Waals surface area (Å²) in [6.07, 6.45) is -0.554. The van der Waals surface area contributed by atoms with E-state index in [-0.39, 0.29) is 12.6 Å². The standard InChI is InChI=1S/C15H11IN4O4/c16-10-3-8(2-1-7(10)5-17)20-13(21)12-11-4-9(19(12)14(20)22)6-18(11)15(23)24/h1-3,9,11-12H,4,6H2,(H,23,24)/t9-,11-,12+/m0/s1. The molecule has 0 saturated carbocycles. The van der Waals surface area contributed by atoms with Crippen molar-refractivity contribution >= 4 is 46.3 Å². The van der Waals surface area contributed by atoms with Gasteiger partial charge in [0, 0.05) is 10.1 Å². The van der Waals surface area contributed by atoms with Crippen LogP contribution in [0.4, 0.5) is 15.3 Å². The number of amides is 4. The second-order valence-electron chi connectivity index (χ2n) is 5.98. The smallest absolute Gasteiger partial charge is 0.407 e. The number of imide groups is 1. The summed E-state index contributed by atoms with van der Waals surface area (Å²) in [6, 6.07) is 4.89. The highest BCUT2D eigenvalue weighted by Crippen LogP contribution is 2.42. The third-order valence-electron chi connectivity index (χ3n) is 4.84. The lowest BCUT2D eigenvalue weighted by molar-refractivity contribution is -0.121. The maximum atomic E-state index is 12.8. The predicted octanol–water partition coefficient (Wildman–Crippen LogP) is 1.43. The summed E-state index contributed by atoms with van der Waals surface area (Å²) in [5.74, 6) is -0.404. The molecule has 3 fully saturated rings. The first-order valence-corrected chi connectivity index (χ1v) is 8.37. The number of anilines is 1.